The molecule has 0 unspecified atom stereocenters. The maximum atomic E-state index is 5.83. The first kappa shape index (κ1) is 12.4. The van der Waals surface area contributed by atoms with E-state index in [1.54, 1.807) is 0 Å². The third-order valence-electron chi connectivity index (χ3n) is 2.76. The molecule has 0 saturated heterocycles. The summed E-state index contributed by atoms with van der Waals surface area (Å²) in [5.74, 6) is 2.15. The number of anilines is 3. The summed E-state index contributed by atoms with van der Waals surface area (Å²) in [6.45, 7) is 4.96. The Labute approximate surface area is 107 Å². The zero-order chi connectivity index (χ0) is 13.0. The number of nitrogens with zero attached hydrogens (tertiary/aromatic N) is 3. The predicted molar refractivity (Wildman–Crippen MR) is 74.9 cm³/mol. The summed E-state index contributed by atoms with van der Waals surface area (Å²) in [5, 5.41) is 0. The van der Waals surface area contributed by atoms with E-state index in [-0.39, 0.29) is 0 Å². The molecule has 0 bridgehead atoms. The van der Waals surface area contributed by atoms with E-state index in [1.165, 1.54) is 0 Å². The second kappa shape index (κ2) is 5.49. The Morgan fingerprint density at radius 2 is 1.83 bits per heavy atom. The van der Waals surface area contributed by atoms with Crippen LogP contribution in [0, 0.1) is 0 Å². The van der Waals surface area contributed by atoms with Gasteiger partial charge in [-0.15, -0.1) is 0 Å². The van der Waals surface area contributed by atoms with Crippen LogP contribution in [0.15, 0.2) is 36.4 Å². The summed E-state index contributed by atoms with van der Waals surface area (Å²) in [4.78, 5) is 10.9. The number of aromatic nitrogens is 2. The van der Waals surface area contributed by atoms with Crippen LogP contribution in [0.5, 0.6) is 0 Å². The monoisotopic (exact) mass is 242 g/mol. The molecule has 4 nitrogen and oxygen atoms in total. The maximum absolute atomic E-state index is 5.83. The Balaban J connectivity index is 2.42. The van der Waals surface area contributed by atoms with E-state index < -0.39 is 0 Å². The van der Waals surface area contributed by atoms with Crippen LogP contribution < -0.4 is 10.6 Å². The summed E-state index contributed by atoms with van der Waals surface area (Å²) in [5.41, 5.74) is 6.94. The molecule has 2 aromatic rings. The van der Waals surface area contributed by atoms with E-state index in [0.717, 1.165) is 30.3 Å². The highest BCUT2D eigenvalue weighted by molar-refractivity contribution is 5.61. The number of benzene rings is 1. The molecule has 2 rings (SSSR count). The minimum Gasteiger partial charge on any atom is -0.384 e. The topological polar surface area (TPSA) is 55.0 Å². The highest BCUT2D eigenvalue weighted by Gasteiger charge is 2.10. The van der Waals surface area contributed by atoms with Crippen LogP contribution >= 0.6 is 0 Å². The van der Waals surface area contributed by atoms with Crippen molar-refractivity contribution < 1.29 is 0 Å². The number of hydrogen-bond donors (Lipinski definition) is 1. The van der Waals surface area contributed by atoms with Gasteiger partial charge in [-0.05, 0) is 19.1 Å². The lowest BCUT2D eigenvalue weighted by Gasteiger charge is -2.22. The van der Waals surface area contributed by atoms with Crippen molar-refractivity contribution >= 4 is 17.3 Å². The zero-order valence-electron chi connectivity index (χ0n) is 10.8. The van der Waals surface area contributed by atoms with E-state index in [2.05, 4.69) is 33.9 Å². The molecule has 0 aliphatic heterocycles. The average Bonchev–Trinajstić information content (AvgIpc) is 2.40. The Kier molecular flexibility index (Phi) is 3.77. The molecule has 0 fully saturated rings. The number of nitrogens with two attached hydrogens (primary N) is 1. The van der Waals surface area contributed by atoms with Crippen LogP contribution in [0.25, 0.3) is 0 Å². The van der Waals surface area contributed by atoms with E-state index in [4.69, 9.17) is 5.73 Å². The van der Waals surface area contributed by atoms with Crippen molar-refractivity contribution in [3.63, 3.8) is 0 Å². The largest absolute Gasteiger partial charge is 0.384 e. The molecule has 2 N–H and O–H groups in total. The number of rotatable bonds is 4. The Hall–Kier alpha value is -2.10. The van der Waals surface area contributed by atoms with Crippen LogP contribution in [0.3, 0.4) is 0 Å². The number of hydrogen-bond acceptors (Lipinski definition) is 4. The molecule has 0 aliphatic carbocycles. The minimum absolute atomic E-state index is 0.520. The molecule has 0 spiro atoms. The third kappa shape index (κ3) is 2.59. The lowest BCUT2D eigenvalue weighted by atomic mass is 10.3. The molecule has 18 heavy (non-hydrogen) atoms. The van der Waals surface area contributed by atoms with E-state index >= 15 is 0 Å². The van der Waals surface area contributed by atoms with Crippen molar-refractivity contribution in [2.45, 2.75) is 20.3 Å². The second-order valence-corrected chi connectivity index (χ2v) is 4.00. The highest BCUT2D eigenvalue weighted by atomic mass is 15.2. The fourth-order valence-corrected chi connectivity index (χ4v) is 1.88. The normalized spacial score (nSPS) is 10.3. The molecule has 1 heterocycles. The van der Waals surface area contributed by atoms with Gasteiger partial charge >= 0.3 is 0 Å². The van der Waals surface area contributed by atoms with Gasteiger partial charge < -0.3 is 10.6 Å². The standard InChI is InChI=1S/C14H18N4/c1-3-13-16-12(15)10-14(17-13)18(4-2)11-8-6-5-7-9-11/h5-10H,3-4H2,1-2H3,(H2,15,16,17). The van der Waals surface area contributed by atoms with Gasteiger partial charge in [0.05, 0.1) is 0 Å². The number of aryl methyl sites for hydroxylation is 1. The van der Waals surface area contributed by atoms with Crippen LogP contribution in [0.2, 0.25) is 0 Å². The number of nitrogen functional groups attached to an aromatic ring is 1. The van der Waals surface area contributed by atoms with E-state index in [9.17, 15) is 0 Å². The molecule has 0 saturated carbocycles. The summed E-state index contributed by atoms with van der Waals surface area (Å²) >= 11 is 0. The predicted octanol–water partition coefficient (Wildman–Crippen LogP) is 2.78. The Bertz CT molecular complexity index is 510. The molecule has 0 radical (unpaired) electrons. The average molecular weight is 242 g/mol. The van der Waals surface area contributed by atoms with Gasteiger partial charge in [0, 0.05) is 24.7 Å². The highest BCUT2D eigenvalue weighted by Crippen LogP contribution is 2.24. The molecule has 0 aliphatic rings. The van der Waals surface area contributed by atoms with Crippen molar-refractivity contribution in [1.82, 2.24) is 9.97 Å². The Morgan fingerprint density at radius 1 is 1.11 bits per heavy atom. The fraction of sp³-hybridized carbons (Fsp3) is 0.286. The molecule has 1 aromatic heterocycles. The van der Waals surface area contributed by atoms with Crippen LogP contribution in [0.1, 0.15) is 19.7 Å². The first-order valence-electron chi connectivity index (χ1n) is 6.20. The van der Waals surface area contributed by atoms with Gasteiger partial charge in [0.25, 0.3) is 0 Å². The molecule has 1 aromatic carbocycles. The first-order valence-corrected chi connectivity index (χ1v) is 6.20. The SMILES string of the molecule is CCc1nc(N)cc(N(CC)c2ccccc2)n1. The van der Waals surface area contributed by atoms with Crippen molar-refractivity contribution in [2.75, 3.05) is 17.2 Å². The molecular weight excluding hydrogens is 224 g/mol. The zero-order valence-corrected chi connectivity index (χ0v) is 10.8. The summed E-state index contributed by atoms with van der Waals surface area (Å²) in [7, 11) is 0. The van der Waals surface area contributed by atoms with Crippen molar-refractivity contribution in [2.24, 2.45) is 0 Å². The second-order valence-electron chi connectivity index (χ2n) is 4.00. The molecule has 94 valence electrons. The van der Waals surface area contributed by atoms with Crippen LogP contribution in [-0.2, 0) is 6.42 Å². The van der Waals surface area contributed by atoms with Gasteiger partial charge in [-0.2, -0.15) is 0 Å². The third-order valence-corrected chi connectivity index (χ3v) is 2.76. The van der Waals surface area contributed by atoms with Gasteiger partial charge in [0.15, 0.2) is 0 Å². The minimum atomic E-state index is 0.520. The summed E-state index contributed by atoms with van der Waals surface area (Å²) in [6, 6.07) is 12.0. The van der Waals surface area contributed by atoms with Crippen molar-refractivity contribution in [3.8, 4) is 0 Å². The molecule has 4 heteroatoms. The summed E-state index contributed by atoms with van der Waals surface area (Å²) < 4.78 is 0. The van der Waals surface area contributed by atoms with Crippen molar-refractivity contribution in [3.05, 3.63) is 42.2 Å². The van der Waals surface area contributed by atoms with Gasteiger partial charge in [-0.25, -0.2) is 9.97 Å². The fourth-order valence-electron chi connectivity index (χ4n) is 1.88. The van der Waals surface area contributed by atoms with E-state index in [1.807, 2.05) is 31.2 Å². The first-order chi connectivity index (χ1) is 8.74. The molecule has 0 atom stereocenters. The number of para-hydroxylation sites is 1. The quantitative estimate of drug-likeness (QED) is 0.895. The van der Waals surface area contributed by atoms with Crippen LogP contribution in [0.4, 0.5) is 17.3 Å². The van der Waals surface area contributed by atoms with Crippen LogP contribution in [-0.4, -0.2) is 16.5 Å². The maximum Gasteiger partial charge on any atom is 0.138 e. The van der Waals surface area contributed by atoms with Gasteiger partial charge in [0.2, 0.25) is 0 Å². The molecule has 0 amide bonds. The van der Waals surface area contributed by atoms with Gasteiger partial charge in [-0.3, -0.25) is 0 Å². The Morgan fingerprint density at radius 3 is 2.44 bits per heavy atom. The van der Waals surface area contributed by atoms with Crippen molar-refractivity contribution in [1.29, 1.82) is 0 Å². The van der Waals surface area contributed by atoms with Gasteiger partial charge in [0.1, 0.15) is 17.5 Å². The van der Waals surface area contributed by atoms with Gasteiger partial charge in [-0.1, -0.05) is 25.1 Å². The molecular formula is C14H18N4. The smallest absolute Gasteiger partial charge is 0.138 e. The summed E-state index contributed by atoms with van der Waals surface area (Å²) in [6.07, 6.45) is 0.782. The van der Waals surface area contributed by atoms with E-state index in [0.29, 0.717) is 5.82 Å². The lowest BCUT2D eigenvalue weighted by molar-refractivity contribution is 0.907. The lowest BCUT2D eigenvalue weighted by Crippen LogP contribution is -2.18.